The minimum Gasteiger partial charge on any atom is -0.454 e. The zero-order chi connectivity index (χ0) is 15.8. The molecule has 0 unspecified atom stereocenters. The molecule has 23 heavy (non-hydrogen) atoms. The van der Waals surface area contributed by atoms with E-state index in [2.05, 4.69) is 5.32 Å². The summed E-state index contributed by atoms with van der Waals surface area (Å²) in [5.74, 6) is 1.34. The van der Waals surface area contributed by atoms with E-state index in [1.807, 2.05) is 0 Å². The molecule has 0 aromatic heterocycles. The van der Waals surface area contributed by atoms with Crippen LogP contribution < -0.4 is 19.5 Å². The van der Waals surface area contributed by atoms with Gasteiger partial charge >= 0.3 is 5.97 Å². The second-order valence-corrected chi connectivity index (χ2v) is 5.97. The average molecular weight is 329 g/mol. The number of ether oxygens (including phenoxy) is 3. The molecule has 0 spiro atoms. The number of carbonyl (C=O) groups is 2. The van der Waals surface area contributed by atoms with Crippen LogP contribution in [-0.4, -0.2) is 24.4 Å². The molecule has 6 nitrogen and oxygen atoms in total. The van der Waals surface area contributed by atoms with Gasteiger partial charge in [0.25, 0.3) is 0 Å². The molecule has 7 heteroatoms. The van der Waals surface area contributed by atoms with Crippen molar-refractivity contribution in [2.75, 3.05) is 17.9 Å². The van der Waals surface area contributed by atoms with Crippen LogP contribution in [0.5, 0.6) is 17.2 Å². The van der Waals surface area contributed by atoms with Crippen LogP contribution in [-0.2, 0) is 4.79 Å². The second kappa shape index (κ2) is 5.51. The monoisotopic (exact) mass is 329 g/mol. The van der Waals surface area contributed by atoms with Gasteiger partial charge in [-0.3, -0.25) is 4.79 Å². The fourth-order valence-corrected chi connectivity index (χ4v) is 3.10. The summed E-state index contributed by atoms with van der Waals surface area (Å²) in [6.07, 6.45) is 0. The SMILES string of the molecule is O=C1CSc2ccc(C(=O)Oc3ccc4c(c3)OCO4)cc2N1. The van der Waals surface area contributed by atoms with E-state index in [9.17, 15) is 9.59 Å². The van der Waals surface area contributed by atoms with Crippen molar-refractivity contribution in [1.82, 2.24) is 0 Å². The molecule has 2 heterocycles. The van der Waals surface area contributed by atoms with E-state index in [-0.39, 0.29) is 12.7 Å². The van der Waals surface area contributed by atoms with Crippen molar-refractivity contribution < 1.29 is 23.8 Å². The van der Waals surface area contributed by atoms with E-state index < -0.39 is 5.97 Å². The highest BCUT2D eigenvalue weighted by molar-refractivity contribution is 8.00. The Balaban J connectivity index is 1.55. The van der Waals surface area contributed by atoms with E-state index in [1.54, 1.807) is 36.4 Å². The first-order chi connectivity index (χ1) is 11.2. The fraction of sp³-hybridized carbons (Fsp3) is 0.125. The fourth-order valence-electron chi connectivity index (χ4n) is 2.32. The number of benzene rings is 2. The lowest BCUT2D eigenvalue weighted by Crippen LogP contribution is -2.19. The molecule has 1 amide bonds. The molecule has 2 aliphatic heterocycles. The summed E-state index contributed by atoms with van der Waals surface area (Å²) < 4.78 is 15.8. The average Bonchev–Trinajstić information content (AvgIpc) is 3.01. The van der Waals surface area contributed by atoms with Crippen LogP contribution >= 0.6 is 11.8 Å². The molecule has 2 aliphatic rings. The van der Waals surface area contributed by atoms with Crippen molar-refractivity contribution in [2.24, 2.45) is 0 Å². The Kier molecular flexibility index (Phi) is 3.34. The van der Waals surface area contributed by atoms with Gasteiger partial charge in [-0.1, -0.05) is 0 Å². The highest BCUT2D eigenvalue weighted by Gasteiger charge is 2.19. The Morgan fingerprint density at radius 3 is 2.91 bits per heavy atom. The summed E-state index contributed by atoms with van der Waals surface area (Å²) in [6, 6.07) is 10.0. The number of anilines is 1. The summed E-state index contributed by atoms with van der Waals surface area (Å²) in [6.45, 7) is 0.162. The van der Waals surface area contributed by atoms with Crippen LogP contribution in [0.3, 0.4) is 0 Å². The first-order valence-electron chi connectivity index (χ1n) is 6.87. The predicted octanol–water partition coefficient (Wildman–Crippen LogP) is 2.68. The molecule has 0 aliphatic carbocycles. The van der Waals surface area contributed by atoms with Gasteiger partial charge in [-0.05, 0) is 30.3 Å². The van der Waals surface area contributed by atoms with E-state index >= 15 is 0 Å². The van der Waals surface area contributed by atoms with Gasteiger partial charge in [0.05, 0.1) is 17.0 Å². The quantitative estimate of drug-likeness (QED) is 0.674. The molecule has 0 radical (unpaired) electrons. The molecule has 1 N–H and O–H groups in total. The maximum Gasteiger partial charge on any atom is 0.343 e. The standard InChI is InChI=1S/C16H11NO5S/c18-15-7-23-14-4-1-9(5-11(14)17-15)16(19)22-10-2-3-12-13(6-10)21-8-20-12/h1-6H,7-8H2,(H,17,18). The number of esters is 1. The smallest absolute Gasteiger partial charge is 0.343 e. The largest absolute Gasteiger partial charge is 0.454 e. The summed E-state index contributed by atoms with van der Waals surface area (Å²) in [5, 5.41) is 2.75. The number of rotatable bonds is 2. The van der Waals surface area contributed by atoms with Gasteiger partial charge in [-0.15, -0.1) is 11.8 Å². The lowest BCUT2D eigenvalue weighted by Gasteiger charge is -2.16. The van der Waals surface area contributed by atoms with Crippen LogP contribution in [0.1, 0.15) is 10.4 Å². The lowest BCUT2D eigenvalue weighted by molar-refractivity contribution is -0.113. The first-order valence-corrected chi connectivity index (χ1v) is 7.86. The topological polar surface area (TPSA) is 73.9 Å². The molecule has 2 aromatic rings. The van der Waals surface area contributed by atoms with Crippen molar-refractivity contribution >= 4 is 29.3 Å². The number of nitrogens with one attached hydrogen (secondary N) is 1. The van der Waals surface area contributed by atoms with Gasteiger partial charge < -0.3 is 19.5 Å². The Morgan fingerprint density at radius 1 is 1.13 bits per heavy atom. The molecule has 0 bridgehead atoms. The molecule has 0 saturated heterocycles. The molecular formula is C16H11NO5S. The van der Waals surface area contributed by atoms with Gasteiger partial charge in [-0.25, -0.2) is 4.79 Å². The highest BCUT2D eigenvalue weighted by Crippen LogP contribution is 2.36. The minimum atomic E-state index is -0.503. The molecular weight excluding hydrogens is 318 g/mol. The van der Waals surface area contributed by atoms with Crippen molar-refractivity contribution in [3.63, 3.8) is 0 Å². The minimum absolute atomic E-state index is 0.0798. The maximum atomic E-state index is 12.3. The molecule has 4 rings (SSSR count). The lowest BCUT2D eigenvalue weighted by atomic mass is 10.2. The predicted molar refractivity (Wildman–Crippen MR) is 83.3 cm³/mol. The first kappa shape index (κ1) is 14.0. The number of fused-ring (bicyclic) bond motifs is 2. The normalized spacial score (nSPS) is 14.9. The number of hydrogen-bond acceptors (Lipinski definition) is 6. The van der Waals surface area contributed by atoms with E-state index in [0.29, 0.717) is 34.3 Å². The molecule has 116 valence electrons. The third-order valence-corrected chi connectivity index (χ3v) is 4.48. The Bertz CT molecular complexity index is 820. The zero-order valence-electron chi connectivity index (χ0n) is 11.8. The van der Waals surface area contributed by atoms with Gasteiger partial charge in [0, 0.05) is 11.0 Å². The van der Waals surface area contributed by atoms with Crippen molar-refractivity contribution in [1.29, 1.82) is 0 Å². The number of carbonyl (C=O) groups excluding carboxylic acids is 2. The third-order valence-electron chi connectivity index (χ3n) is 3.40. The molecule has 0 fully saturated rings. The van der Waals surface area contributed by atoms with E-state index in [0.717, 1.165) is 4.90 Å². The van der Waals surface area contributed by atoms with Crippen molar-refractivity contribution in [3.8, 4) is 17.2 Å². The van der Waals surface area contributed by atoms with Crippen LogP contribution in [0.15, 0.2) is 41.3 Å². The number of amides is 1. The van der Waals surface area contributed by atoms with Gasteiger partial charge in [0.15, 0.2) is 11.5 Å². The summed E-state index contributed by atoms with van der Waals surface area (Å²) >= 11 is 1.44. The third kappa shape index (κ3) is 2.70. The van der Waals surface area contributed by atoms with Crippen LogP contribution in [0.25, 0.3) is 0 Å². The van der Waals surface area contributed by atoms with Crippen LogP contribution in [0.4, 0.5) is 5.69 Å². The van der Waals surface area contributed by atoms with Crippen molar-refractivity contribution in [3.05, 3.63) is 42.0 Å². The zero-order valence-corrected chi connectivity index (χ0v) is 12.6. The van der Waals surface area contributed by atoms with Gasteiger partial charge in [0.2, 0.25) is 12.7 Å². The number of thioether (sulfide) groups is 1. The van der Waals surface area contributed by atoms with Gasteiger partial charge in [-0.2, -0.15) is 0 Å². The highest BCUT2D eigenvalue weighted by atomic mass is 32.2. The Hall–Kier alpha value is -2.67. The van der Waals surface area contributed by atoms with Crippen LogP contribution in [0, 0.1) is 0 Å². The molecule has 0 saturated carbocycles. The summed E-state index contributed by atoms with van der Waals surface area (Å²) in [4.78, 5) is 24.6. The second-order valence-electron chi connectivity index (χ2n) is 4.95. The van der Waals surface area contributed by atoms with Crippen LogP contribution in [0.2, 0.25) is 0 Å². The summed E-state index contributed by atoms with van der Waals surface area (Å²) in [7, 11) is 0. The number of hydrogen-bond donors (Lipinski definition) is 1. The van der Waals surface area contributed by atoms with Crippen molar-refractivity contribution in [2.45, 2.75) is 4.90 Å². The van der Waals surface area contributed by atoms with E-state index in [1.165, 1.54) is 11.8 Å². The Morgan fingerprint density at radius 2 is 2.00 bits per heavy atom. The summed E-state index contributed by atoms with van der Waals surface area (Å²) in [5.41, 5.74) is 0.996. The van der Waals surface area contributed by atoms with Gasteiger partial charge in [0.1, 0.15) is 5.75 Å². The van der Waals surface area contributed by atoms with E-state index in [4.69, 9.17) is 14.2 Å². The Labute approximate surface area is 135 Å². The molecule has 2 aromatic carbocycles. The molecule has 0 atom stereocenters. The maximum absolute atomic E-state index is 12.3.